The molecule has 0 saturated carbocycles. The molecule has 2 aliphatic heterocycles. The first-order valence-corrected chi connectivity index (χ1v) is 11.8. The van der Waals surface area contributed by atoms with Gasteiger partial charge in [-0.25, -0.2) is 9.78 Å². The van der Waals surface area contributed by atoms with Crippen LogP contribution in [0.25, 0.3) is 16.8 Å². The highest BCUT2D eigenvalue weighted by Crippen LogP contribution is 2.35. The van der Waals surface area contributed by atoms with Crippen molar-refractivity contribution < 1.29 is 19.0 Å². The predicted octanol–water partition coefficient (Wildman–Crippen LogP) is 5.15. The number of aromatic nitrogens is 2. The molecule has 0 spiro atoms. The number of urea groups is 1. The van der Waals surface area contributed by atoms with E-state index < -0.39 is 0 Å². The number of anilines is 1. The highest BCUT2D eigenvalue weighted by Gasteiger charge is 2.29. The third kappa shape index (κ3) is 4.01. The van der Waals surface area contributed by atoms with Gasteiger partial charge in [-0.1, -0.05) is 18.2 Å². The molecule has 8 heteroatoms. The summed E-state index contributed by atoms with van der Waals surface area (Å²) >= 11 is 0. The summed E-state index contributed by atoms with van der Waals surface area (Å²) in [4.78, 5) is 20.1. The molecule has 0 bridgehead atoms. The van der Waals surface area contributed by atoms with Crippen LogP contribution in [-0.2, 0) is 0 Å². The molecule has 178 valence electrons. The summed E-state index contributed by atoms with van der Waals surface area (Å²) in [5.74, 6) is 3.23. The zero-order valence-corrected chi connectivity index (χ0v) is 19.4. The SMILES string of the molecule is COc1cccc(-c2nc([C@@H]3CCCN(C(=O)Nc4ccc5c(c4)OCO5)C3)n3ccccc23)c1. The fourth-order valence-corrected chi connectivity index (χ4v) is 4.88. The maximum absolute atomic E-state index is 13.1. The quantitative estimate of drug-likeness (QED) is 0.446. The third-order valence-corrected chi connectivity index (χ3v) is 6.62. The first-order chi connectivity index (χ1) is 17.2. The van der Waals surface area contributed by atoms with E-state index in [1.165, 1.54) is 0 Å². The fraction of sp³-hybridized carbons (Fsp3) is 0.259. The number of imidazole rings is 1. The molecule has 1 fully saturated rings. The zero-order valence-electron chi connectivity index (χ0n) is 19.4. The van der Waals surface area contributed by atoms with E-state index >= 15 is 0 Å². The van der Waals surface area contributed by atoms with E-state index in [-0.39, 0.29) is 18.7 Å². The van der Waals surface area contributed by atoms with E-state index in [0.29, 0.717) is 30.3 Å². The number of likely N-dealkylation sites (tertiary alicyclic amines) is 1. The molecule has 4 heterocycles. The van der Waals surface area contributed by atoms with Crippen LogP contribution < -0.4 is 19.5 Å². The van der Waals surface area contributed by atoms with Crippen LogP contribution >= 0.6 is 0 Å². The number of carbonyl (C=O) groups excluding carboxylic acids is 1. The zero-order chi connectivity index (χ0) is 23.8. The second-order valence-electron chi connectivity index (χ2n) is 8.79. The summed E-state index contributed by atoms with van der Waals surface area (Å²) in [6.45, 7) is 1.51. The number of amides is 2. The van der Waals surface area contributed by atoms with Crippen molar-refractivity contribution in [2.45, 2.75) is 18.8 Å². The highest BCUT2D eigenvalue weighted by molar-refractivity contribution is 5.90. The normalized spacial score (nSPS) is 16.9. The number of benzene rings is 2. The van der Waals surface area contributed by atoms with Gasteiger partial charge in [-0.3, -0.25) is 0 Å². The monoisotopic (exact) mass is 470 g/mol. The van der Waals surface area contributed by atoms with Crippen LogP contribution in [0.4, 0.5) is 10.5 Å². The Hall–Kier alpha value is -4.20. The van der Waals surface area contributed by atoms with Crippen LogP contribution in [0.5, 0.6) is 17.2 Å². The molecular formula is C27H26N4O4. The largest absolute Gasteiger partial charge is 0.497 e. The lowest BCUT2D eigenvalue weighted by Crippen LogP contribution is -2.42. The number of carbonyl (C=O) groups is 1. The van der Waals surface area contributed by atoms with Crippen molar-refractivity contribution >= 4 is 17.2 Å². The van der Waals surface area contributed by atoms with Crippen LogP contribution in [0.2, 0.25) is 0 Å². The number of ether oxygens (including phenoxy) is 3. The maximum Gasteiger partial charge on any atom is 0.321 e. The van der Waals surface area contributed by atoms with Crippen molar-refractivity contribution in [3.05, 3.63) is 72.7 Å². The molecule has 0 aliphatic carbocycles. The third-order valence-electron chi connectivity index (χ3n) is 6.62. The van der Waals surface area contributed by atoms with E-state index in [1.807, 2.05) is 59.6 Å². The van der Waals surface area contributed by atoms with E-state index in [9.17, 15) is 4.79 Å². The number of hydrogen-bond donors (Lipinski definition) is 1. The van der Waals surface area contributed by atoms with Gasteiger partial charge in [0.25, 0.3) is 0 Å². The summed E-state index contributed by atoms with van der Waals surface area (Å²) < 4.78 is 18.4. The Kier molecular flexibility index (Phi) is 5.41. The summed E-state index contributed by atoms with van der Waals surface area (Å²) in [5.41, 5.74) is 3.65. The number of hydrogen-bond acceptors (Lipinski definition) is 5. The van der Waals surface area contributed by atoms with Gasteiger partial charge in [0.05, 0.1) is 18.3 Å². The first-order valence-electron chi connectivity index (χ1n) is 11.8. The van der Waals surface area contributed by atoms with Crippen LogP contribution in [0.15, 0.2) is 66.9 Å². The number of pyridine rings is 1. The van der Waals surface area contributed by atoms with E-state index in [2.05, 4.69) is 15.8 Å². The van der Waals surface area contributed by atoms with Crippen LogP contribution in [0.3, 0.4) is 0 Å². The van der Waals surface area contributed by atoms with Gasteiger partial charge in [0.2, 0.25) is 6.79 Å². The number of piperidine rings is 1. The van der Waals surface area contributed by atoms with Gasteiger partial charge in [-0.05, 0) is 49.2 Å². The van der Waals surface area contributed by atoms with Crippen molar-refractivity contribution in [3.63, 3.8) is 0 Å². The summed E-state index contributed by atoms with van der Waals surface area (Å²) in [6, 6.07) is 19.4. The lowest BCUT2D eigenvalue weighted by Gasteiger charge is -2.32. The van der Waals surface area contributed by atoms with Gasteiger partial charge in [-0.2, -0.15) is 0 Å². The van der Waals surface area contributed by atoms with Crippen LogP contribution in [0, 0.1) is 0 Å². The van der Waals surface area contributed by atoms with Crippen LogP contribution in [-0.4, -0.2) is 47.3 Å². The minimum Gasteiger partial charge on any atom is -0.497 e. The lowest BCUT2D eigenvalue weighted by atomic mass is 9.97. The topological polar surface area (TPSA) is 77.3 Å². The number of methoxy groups -OCH3 is 1. The van der Waals surface area contributed by atoms with Gasteiger partial charge in [-0.15, -0.1) is 0 Å². The Morgan fingerprint density at radius 3 is 2.91 bits per heavy atom. The Bertz CT molecular complexity index is 1400. The molecule has 6 rings (SSSR count). The van der Waals surface area contributed by atoms with Gasteiger partial charge in [0, 0.05) is 42.5 Å². The Morgan fingerprint density at radius 2 is 2.00 bits per heavy atom. The molecule has 35 heavy (non-hydrogen) atoms. The van der Waals surface area contributed by atoms with Crippen molar-refractivity contribution in [1.29, 1.82) is 0 Å². The Labute approximate surface area is 203 Å². The molecule has 4 aromatic rings. The van der Waals surface area contributed by atoms with Gasteiger partial charge >= 0.3 is 6.03 Å². The smallest absolute Gasteiger partial charge is 0.321 e. The van der Waals surface area contributed by atoms with E-state index in [0.717, 1.165) is 41.2 Å². The number of rotatable bonds is 4. The summed E-state index contributed by atoms with van der Waals surface area (Å²) in [6.07, 6.45) is 3.93. The molecule has 0 radical (unpaired) electrons. The predicted molar refractivity (Wildman–Crippen MR) is 132 cm³/mol. The number of nitrogens with one attached hydrogen (secondary N) is 1. The highest BCUT2D eigenvalue weighted by atomic mass is 16.7. The van der Waals surface area contributed by atoms with Crippen LogP contribution in [0.1, 0.15) is 24.6 Å². The lowest BCUT2D eigenvalue weighted by molar-refractivity contribution is 0.174. The second-order valence-corrected chi connectivity index (χ2v) is 8.79. The Balaban J connectivity index is 1.26. The number of nitrogens with zero attached hydrogens (tertiary/aromatic N) is 3. The van der Waals surface area contributed by atoms with Crippen molar-refractivity contribution in [2.75, 3.05) is 32.3 Å². The van der Waals surface area contributed by atoms with Gasteiger partial charge < -0.3 is 28.8 Å². The molecule has 2 aromatic carbocycles. The van der Waals surface area contributed by atoms with Crippen molar-refractivity contribution in [3.8, 4) is 28.5 Å². The Morgan fingerprint density at radius 1 is 1.09 bits per heavy atom. The molecule has 8 nitrogen and oxygen atoms in total. The average molecular weight is 471 g/mol. The van der Waals surface area contributed by atoms with Crippen molar-refractivity contribution in [2.24, 2.45) is 0 Å². The van der Waals surface area contributed by atoms with Gasteiger partial charge in [0.1, 0.15) is 11.6 Å². The molecule has 2 amide bonds. The van der Waals surface area contributed by atoms with E-state index in [1.54, 1.807) is 13.2 Å². The number of fused-ring (bicyclic) bond motifs is 2. The standard InChI is InChI=1S/C27H26N4O4/c1-33-21-8-4-6-18(14-21)25-22-9-2-3-13-31(22)26(29-25)19-7-5-12-30(16-19)27(32)28-20-10-11-23-24(15-20)35-17-34-23/h2-4,6,8-11,13-15,19H,5,7,12,16-17H2,1H3,(H,28,32)/t19-/m1/s1. The second kappa shape index (κ2) is 8.87. The summed E-state index contributed by atoms with van der Waals surface area (Å²) in [7, 11) is 1.67. The van der Waals surface area contributed by atoms with E-state index in [4.69, 9.17) is 19.2 Å². The fourth-order valence-electron chi connectivity index (χ4n) is 4.88. The first kappa shape index (κ1) is 21.3. The van der Waals surface area contributed by atoms with Gasteiger partial charge in [0.15, 0.2) is 11.5 Å². The maximum atomic E-state index is 13.1. The molecule has 0 unspecified atom stereocenters. The molecule has 2 aromatic heterocycles. The molecular weight excluding hydrogens is 444 g/mol. The molecule has 1 N–H and O–H groups in total. The minimum atomic E-state index is -0.123. The average Bonchev–Trinajstić information content (AvgIpc) is 3.53. The molecule has 2 aliphatic rings. The molecule has 1 atom stereocenters. The minimum absolute atomic E-state index is 0.123. The molecule has 1 saturated heterocycles. The summed E-state index contributed by atoms with van der Waals surface area (Å²) in [5, 5.41) is 3.00. The van der Waals surface area contributed by atoms with Crippen molar-refractivity contribution in [1.82, 2.24) is 14.3 Å².